The summed E-state index contributed by atoms with van der Waals surface area (Å²) in [4.78, 5) is 24.7. The van der Waals surface area contributed by atoms with E-state index in [9.17, 15) is 9.59 Å². The summed E-state index contributed by atoms with van der Waals surface area (Å²) < 4.78 is 9.86. The predicted octanol–water partition coefficient (Wildman–Crippen LogP) is 2.46. The minimum absolute atomic E-state index is 0.482. The molecule has 0 aromatic heterocycles. The number of hydrogen-bond acceptors (Lipinski definition) is 6. The van der Waals surface area contributed by atoms with Crippen molar-refractivity contribution in [2.45, 2.75) is 12.1 Å². The van der Waals surface area contributed by atoms with Crippen LogP contribution in [-0.2, 0) is 19.1 Å². The van der Waals surface area contributed by atoms with Gasteiger partial charge in [0.15, 0.2) is 12.1 Å². The highest BCUT2D eigenvalue weighted by molar-refractivity contribution is 5.87. The molecule has 2 aromatic carbocycles. The number of benzene rings is 2. The van der Waals surface area contributed by atoms with Crippen LogP contribution in [0.25, 0.3) is 0 Å². The van der Waals surface area contributed by atoms with Crippen molar-refractivity contribution in [2.24, 2.45) is 5.10 Å². The van der Waals surface area contributed by atoms with E-state index in [0.29, 0.717) is 11.1 Å². The Bertz CT molecular complexity index is 761. The molecule has 3 rings (SSSR count). The molecule has 1 heterocycles. The van der Waals surface area contributed by atoms with Gasteiger partial charge in [-0.25, -0.2) is 9.59 Å². The summed E-state index contributed by atoms with van der Waals surface area (Å²) in [6, 6.07) is 15.1. The molecule has 25 heavy (non-hydrogen) atoms. The highest BCUT2D eigenvalue weighted by Crippen LogP contribution is 2.43. The van der Waals surface area contributed by atoms with E-state index in [1.54, 1.807) is 18.3 Å². The lowest BCUT2D eigenvalue weighted by Crippen LogP contribution is -2.32. The van der Waals surface area contributed by atoms with E-state index in [1.807, 2.05) is 42.5 Å². The molecule has 6 nitrogen and oxygen atoms in total. The van der Waals surface area contributed by atoms with Crippen molar-refractivity contribution < 1.29 is 19.1 Å². The first-order valence-corrected chi connectivity index (χ1v) is 7.79. The number of methoxy groups -OCH3 is 2. The number of hydrogen-bond donors (Lipinski definition) is 0. The summed E-state index contributed by atoms with van der Waals surface area (Å²) in [5.41, 5.74) is 2.23. The van der Waals surface area contributed by atoms with Gasteiger partial charge < -0.3 is 9.47 Å². The van der Waals surface area contributed by atoms with Gasteiger partial charge in [0.25, 0.3) is 0 Å². The highest BCUT2D eigenvalue weighted by Gasteiger charge is 2.46. The minimum Gasteiger partial charge on any atom is -0.467 e. The maximum atomic E-state index is 12.4. The fourth-order valence-corrected chi connectivity index (χ4v) is 2.94. The number of nitrogens with zero attached hydrogens (tertiary/aromatic N) is 2. The molecule has 0 spiro atoms. The summed E-state index contributed by atoms with van der Waals surface area (Å²) in [7, 11) is 2.63. The number of carbonyl (C=O) groups excluding carboxylic acids is 2. The van der Waals surface area contributed by atoms with Crippen LogP contribution in [0, 0.1) is 0 Å². The Kier molecular flexibility index (Phi) is 4.79. The lowest BCUT2D eigenvalue weighted by atomic mass is 10.0. The fourth-order valence-electron chi connectivity index (χ4n) is 2.94. The zero-order valence-corrected chi connectivity index (χ0v) is 14.0. The quantitative estimate of drug-likeness (QED) is 0.633. The van der Waals surface area contributed by atoms with Gasteiger partial charge in [0.1, 0.15) is 0 Å². The van der Waals surface area contributed by atoms with Crippen LogP contribution in [0.15, 0.2) is 59.7 Å². The Morgan fingerprint density at radius 1 is 0.880 bits per heavy atom. The molecule has 0 radical (unpaired) electrons. The number of hydrazone groups is 1. The van der Waals surface area contributed by atoms with E-state index < -0.39 is 24.0 Å². The molecule has 0 amide bonds. The van der Waals surface area contributed by atoms with Gasteiger partial charge in [-0.05, 0) is 16.7 Å². The Morgan fingerprint density at radius 2 is 1.36 bits per heavy atom. The lowest BCUT2D eigenvalue weighted by Gasteiger charge is -2.24. The van der Waals surface area contributed by atoms with Gasteiger partial charge in [-0.1, -0.05) is 54.6 Å². The van der Waals surface area contributed by atoms with Crippen LogP contribution in [0.2, 0.25) is 0 Å². The Morgan fingerprint density at radius 3 is 1.84 bits per heavy atom. The van der Waals surface area contributed by atoms with Crippen molar-refractivity contribution >= 4 is 18.2 Å². The van der Waals surface area contributed by atoms with E-state index in [-0.39, 0.29) is 0 Å². The van der Waals surface area contributed by atoms with Crippen LogP contribution in [0.4, 0.5) is 0 Å². The van der Waals surface area contributed by atoms with Crippen molar-refractivity contribution in [3.8, 4) is 0 Å². The third-order valence-corrected chi connectivity index (χ3v) is 4.10. The third kappa shape index (κ3) is 3.10. The van der Waals surface area contributed by atoms with E-state index >= 15 is 0 Å². The van der Waals surface area contributed by atoms with Gasteiger partial charge in [-0.2, -0.15) is 5.10 Å². The predicted molar refractivity (Wildman–Crippen MR) is 91.8 cm³/mol. The maximum absolute atomic E-state index is 12.4. The monoisotopic (exact) mass is 338 g/mol. The van der Waals surface area contributed by atoms with Gasteiger partial charge in [0.2, 0.25) is 0 Å². The third-order valence-electron chi connectivity index (χ3n) is 4.10. The first kappa shape index (κ1) is 16.7. The molecule has 0 unspecified atom stereocenters. The maximum Gasteiger partial charge on any atom is 0.334 e. The molecule has 1 aliphatic heterocycles. The first-order chi connectivity index (χ1) is 12.2. The van der Waals surface area contributed by atoms with Gasteiger partial charge in [-0.15, -0.1) is 0 Å². The Hall–Kier alpha value is -3.15. The summed E-state index contributed by atoms with van der Waals surface area (Å²) in [6.45, 7) is 0. The molecule has 0 fully saturated rings. The average molecular weight is 338 g/mol. The SMILES string of the molecule is COC(=O)[C@@H]1c2ccccc2[C@H](C(=O)OC)N1/N=C/c1ccccc1. The summed E-state index contributed by atoms with van der Waals surface area (Å²) in [6.07, 6.45) is 1.61. The number of carbonyl (C=O) groups is 2. The van der Waals surface area contributed by atoms with Crippen molar-refractivity contribution in [2.75, 3.05) is 14.2 Å². The summed E-state index contributed by atoms with van der Waals surface area (Å²) >= 11 is 0. The molecular weight excluding hydrogens is 320 g/mol. The summed E-state index contributed by atoms with van der Waals surface area (Å²) in [5, 5.41) is 5.86. The molecule has 1 aliphatic rings. The Labute approximate surface area is 145 Å². The zero-order chi connectivity index (χ0) is 17.8. The van der Waals surface area contributed by atoms with E-state index in [2.05, 4.69) is 5.10 Å². The number of rotatable bonds is 4. The van der Waals surface area contributed by atoms with E-state index in [4.69, 9.17) is 9.47 Å². The van der Waals surface area contributed by atoms with Crippen molar-refractivity contribution in [3.63, 3.8) is 0 Å². The topological polar surface area (TPSA) is 68.2 Å². The Balaban J connectivity index is 2.06. The van der Waals surface area contributed by atoms with E-state index in [0.717, 1.165) is 5.56 Å². The van der Waals surface area contributed by atoms with Crippen LogP contribution < -0.4 is 0 Å². The molecule has 128 valence electrons. The average Bonchev–Trinajstić information content (AvgIpc) is 3.00. The van der Waals surface area contributed by atoms with Gasteiger partial charge in [-0.3, -0.25) is 5.01 Å². The van der Waals surface area contributed by atoms with E-state index in [1.165, 1.54) is 19.2 Å². The standard InChI is InChI=1S/C19H18N2O4/c1-24-18(22)16-14-10-6-7-11-15(14)17(19(23)25-2)21(16)20-12-13-8-4-3-5-9-13/h3-12,16-17H,1-2H3/b20-12+/t16-,17+. The van der Waals surface area contributed by atoms with Gasteiger partial charge >= 0.3 is 11.9 Å². The molecule has 2 aromatic rings. The van der Waals surface area contributed by atoms with Crippen LogP contribution in [0.5, 0.6) is 0 Å². The second-order valence-electron chi connectivity index (χ2n) is 5.52. The van der Waals surface area contributed by atoms with Crippen molar-refractivity contribution in [3.05, 3.63) is 71.3 Å². The molecule has 0 saturated carbocycles. The lowest BCUT2D eigenvalue weighted by molar-refractivity contribution is -0.153. The smallest absolute Gasteiger partial charge is 0.334 e. The second-order valence-corrected chi connectivity index (χ2v) is 5.52. The van der Waals surface area contributed by atoms with Gasteiger partial charge in [0, 0.05) is 0 Å². The second kappa shape index (κ2) is 7.17. The summed E-state index contributed by atoms with van der Waals surface area (Å²) in [5.74, 6) is -0.965. The molecule has 0 aliphatic carbocycles. The molecule has 0 saturated heterocycles. The largest absolute Gasteiger partial charge is 0.467 e. The van der Waals surface area contributed by atoms with Crippen LogP contribution in [0.3, 0.4) is 0 Å². The van der Waals surface area contributed by atoms with Crippen molar-refractivity contribution in [1.82, 2.24) is 5.01 Å². The number of ether oxygens (including phenoxy) is 2. The first-order valence-electron chi connectivity index (χ1n) is 7.79. The fraction of sp³-hybridized carbons (Fsp3) is 0.211. The van der Waals surface area contributed by atoms with Crippen LogP contribution in [0.1, 0.15) is 28.8 Å². The molecular formula is C19H18N2O4. The molecule has 0 N–H and O–H groups in total. The molecule has 6 heteroatoms. The van der Waals surface area contributed by atoms with Crippen LogP contribution >= 0.6 is 0 Å². The van der Waals surface area contributed by atoms with Crippen molar-refractivity contribution in [1.29, 1.82) is 0 Å². The zero-order valence-electron chi connectivity index (χ0n) is 14.0. The number of esters is 2. The number of fused-ring (bicyclic) bond motifs is 1. The normalized spacial score (nSPS) is 18.9. The van der Waals surface area contributed by atoms with Crippen LogP contribution in [-0.4, -0.2) is 37.4 Å². The molecule has 0 bridgehead atoms. The molecule has 2 atom stereocenters. The highest BCUT2D eigenvalue weighted by atomic mass is 16.5. The minimum atomic E-state index is -0.801. The van der Waals surface area contributed by atoms with Gasteiger partial charge in [0.05, 0.1) is 20.4 Å².